The summed E-state index contributed by atoms with van der Waals surface area (Å²) in [4.78, 5) is 9.99. The number of halogens is 3. The van der Waals surface area contributed by atoms with Gasteiger partial charge in [-0.3, -0.25) is 0 Å². The molecular formula is C9H8F3NO5S. The van der Waals surface area contributed by atoms with E-state index in [0.29, 0.717) is 0 Å². The summed E-state index contributed by atoms with van der Waals surface area (Å²) in [7, 11) is -3.62. The average Bonchev–Trinajstić information content (AvgIpc) is 2.26. The molecule has 1 amide bonds. The van der Waals surface area contributed by atoms with Gasteiger partial charge < -0.3 is 9.47 Å². The number of nitrogens with one attached hydrogen (secondary N) is 1. The van der Waals surface area contributed by atoms with Gasteiger partial charge in [-0.25, -0.2) is 17.9 Å². The van der Waals surface area contributed by atoms with Crippen LogP contribution in [-0.2, 0) is 14.8 Å². The molecule has 1 aromatic carbocycles. The summed E-state index contributed by atoms with van der Waals surface area (Å²) in [5.41, 5.74) is 0. The van der Waals surface area contributed by atoms with Crippen molar-refractivity contribution in [2.45, 2.75) is 11.3 Å². The van der Waals surface area contributed by atoms with Gasteiger partial charge in [0.1, 0.15) is 10.6 Å². The largest absolute Gasteiger partial charge is 0.573 e. The molecule has 6 nitrogen and oxygen atoms in total. The van der Waals surface area contributed by atoms with Crippen molar-refractivity contribution < 1.29 is 35.9 Å². The smallest absolute Gasteiger partial charge is 0.452 e. The van der Waals surface area contributed by atoms with Gasteiger partial charge in [0.15, 0.2) is 0 Å². The second-order valence-corrected chi connectivity index (χ2v) is 4.74. The minimum absolute atomic E-state index is 0.805. The summed E-state index contributed by atoms with van der Waals surface area (Å²) in [5.74, 6) is -0.952. The molecule has 19 heavy (non-hydrogen) atoms. The lowest BCUT2D eigenvalue weighted by molar-refractivity contribution is -0.275. The quantitative estimate of drug-likeness (QED) is 0.917. The minimum Gasteiger partial charge on any atom is -0.452 e. The third-order valence-corrected chi connectivity index (χ3v) is 3.12. The summed E-state index contributed by atoms with van der Waals surface area (Å²) in [6.45, 7) is 0. The molecule has 0 aromatic heterocycles. The van der Waals surface area contributed by atoms with Crippen LogP contribution in [0.2, 0.25) is 0 Å². The van der Waals surface area contributed by atoms with E-state index in [-0.39, 0.29) is 0 Å². The van der Waals surface area contributed by atoms with Crippen molar-refractivity contribution in [3.05, 3.63) is 24.3 Å². The van der Waals surface area contributed by atoms with Gasteiger partial charge in [-0.15, -0.1) is 13.2 Å². The Balaban J connectivity index is 3.16. The van der Waals surface area contributed by atoms with Crippen LogP contribution in [0.4, 0.5) is 18.0 Å². The monoisotopic (exact) mass is 299 g/mol. The number of sulfonamides is 1. The third kappa shape index (κ3) is 4.32. The first-order valence-corrected chi connectivity index (χ1v) is 6.09. The molecule has 0 atom stereocenters. The van der Waals surface area contributed by atoms with Crippen LogP contribution in [0.15, 0.2) is 29.2 Å². The molecular weight excluding hydrogens is 291 g/mol. The Labute approximate surface area is 106 Å². The number of alkyl halides is 3. The Morgan fingerprint density at radius 2 is 1.84 bits per heavy atom. The molecule has 0 aliphatic carbocycles. The topological polar surface area (TPSA) is 81.7 Å². The van der Waals surface area contributed by atoms with Gasteiger partial charge in [-0.05, 0) is 12.1 Å². The zero-order valence-electron chi connectivity index (χ0n) is 9.39. The van der Waals surface area contributed by atoms with E-state index in [1.54, 1.807) is 0 Å². The van der Waals surface area contributed by atoms with E-state index in [1.165, 1.54) is 10.8 Å². The van der Waals surface area contributed by atoms with Gasteiger partial charge in [0.2, 0.25) is 0 Å². The molecule has 0 unspecified atom stereocenters. The minimum atomic E-state index is -5.06. The number of para-hydroxylation sites is 1. The maximum absolute atomic E-state index is 12.1. The average molecular weight is 299 g/mol. The van der Waals surface area contributed by atoms with E-state index < -0.39 is 33.1 Å². The Hall–Kier alpha value is -1.97. The third-order valence-electron chi connectivity index (χ3n) is 1.77. The van der Waals surface area contributed by atoms with Crippen LogP contribution < -0.4 is 9.46 Å². The van der Waals surface area contributed by atoms with Gasteiger partial charge in [-0.1, -0.05) is 12.1 Å². The number of carbonyl (C=O) groups excluding carboxylic acids is 1. The lowest BCUT2D eigenvalue weighted by atomic mass is 10.3. The highest BCUT2D eigenvalue weighted by Crippen LogP contribution is 2.29. The van der Waals surface area contributed by atoms with Gasteiger partial charge in [0.05, 0.1) is 7.11 Å². The van der Waals surface area contributed by atoms with Crippen LogP contribution in [0.3, 0.4) is 0 Å². The molecule has 1 N–H and O–H groups in total. The Kier molecular flexibility index (Phi) is 4.24. The molecule has 1 aromatic rings. The van der Waals surface area contributed by atoms with E-state index in [1.807, 2.05) is 0 Å². The van der Waals surface area contributed by atoms with E-state index in [4.69, 9.17) is 0 Å². The van der Waals surface area contributed by atoms with Crippen molar-refractivity contribution in [2.75, 3.05) is 7.11 Å². The van der Waals surface area contributed by atoms with E-state index >= 15 is 0 Å². The molecule has 10 heteroatoms. The van der Waals surface area contributed by atoms with Crippen LogP contribution >= 0.6 is 0 Å². The van der Waals surface area contributed by atoms with Gasteiger partial charge in [-0.2, -0.15) is 0 Å². The summed E-state index contributed by atoms with van der Waals surface area (Å²) in [5, 5.41) is 0. The van der Waals surface area contributed by atoms with Crippen molar-refractivity contribution in [3.63, 3.8) is 0 Å². The molecule has 106 valence electrons. The molecule has 0 saturated carbocycles. The number of ether oxygens (including phenoxy) is 2. The summed E-state index contributed by atoms with van der Waals surface area (Å²) in [6.07, 6.45) is -6.39. The highest BCUT2D eigenvalue weighted by molar-refractivity contribution is 7.90. The number of amides is 1. The summed E-state index contributed by atoms with van der Waals surface area (Å²) < 4.78 is 68.7. The molecule has 0 radical (unpaired) electrons. The Morgan fingerprint density at radius 3 is 2.37 bits per heavy atom. The first-order valence-electron chi connectivity index (χ1n) is 4.61. The summed E-state index contributed by atoms with van der Waals surface area (Å²) >= 11 is 0. The lowest BCUT2D eigenvalue weighted by Crippen LogP contribution is -2.31. The van der Waals surface area contributed by atoms with Crippen molar-refractivity contribution in [1.29, 1.82) is 0 Å². The SMILES string of the molecule is COC(=O)NS(=O)(=O)c1ccccc1OC(F)(F)F. The van der Waals surface area contributed by atoms with Gasteiger partial charge >= 0.3 is 12.5 Å². The maximum atomic E-state index is 12.1. The van der Waals surface area contributed by atoms with Crippen LogP contribution in [-0.4, -0.2) is 28.0 Å². The number of hydrogen-bond acceptors (Lipinski definition) is 5. The van der Waals surface area contributed by atoms with Crippen molar-refractivity contribution >= 4 is 16.1 Å². The zero-order valence-corrected chi connectivity index (χ0v) is 10.2. The van der Waals surface area contributed by atoms with Crippen molar-refractivity contribution in [3.8, 4) is 5.75 Å². The fourth-order valence-corrected chi connectivity index (χ4v) is 2.13. The van der Waals surface area contributed by atoms with Gasteiger partial charge in [0, 0.05) is 0 Å². The Bertz CT molecular complexity index is 569. The highest BCUT2D eigenvalue weighted by Gasteiger charge is 2.34. The number of methoxy groups -OCH3 is 1. The number of carbonyl (C=O) groups is 1. The Morgan fingerprint density at radius 1 is 1.26 bits per heavy atom. The van der Waals surface area contributed by atoms with E-state index in [2.05, 4.69) is 9.47 Å². The fraction of sp³-hybridized carbons (Fsp3) is 0.222. The molecule has 1 rings (SSSR count). The summed E-state index contributed by atoms with van der Waals surface area (Å²) in [6, 6.07) is 3.99. The number of benzene rings is 1. The normalized spacial score (nSPS) is 11.8. The first kappa shape index (κ1) is 15.1. The van der Waals surface area contributed by atoms with Gasteiger partial charge in [0.25, 0.3) is 10.0 Å². The fourth-order valence-electron chi connectivity index (χ4n) is 1.09. The second kappa shape index (κ2) is 5.34. The van der Waals surface area contributed by atoms with Crippen molar-refractivity contribution in [2.24, 2.45) is 0 Å². The molecule has 0 fully saturated rings. The molecule has 0 saturated heterocycles. The molecule has 0 aliphatic heterocycles. The van der Waals surface area contributed by atoms with E-state index in [9.17, 15) is 26.4 Å². The molecule has 0 spiro atoms. The van der Waals surface area contributed by atoms with Crippen LogP contribution in [0.5, 0.6) is 5.75 Å². The maximum Gasteiger partial charge on any atom is 0.573 e. The van der Waals surface area contributed by atoms with Crippen LogP contribution in [0.25, 0.3) is 0 Å². The molecule has 0 heterocycles. The van der Waals surface area contributed by atoms with Crippen LogP contribution in [0.1, 0.15) is 0 Å². The zero-order chi connectivity index (χ0) is 14.7. The molecule has 0 bridgehead atoms. The highest BCUT2D eigenvalue weighted by atomic mass is 32.2. The predicted molar refractivity (Wildman–Crippen MR) is 55.9 cm³/mol. The van der Waals surface area contributed by atoms with E-state index in [0.717, 1.165) is 25.3 Å². The molecule has 0 aliphatic rings. The first-order chi connectivity index (χ1) is 8.65. The number of rotatable bonds is 3. The predicted octanol–water partition coefficient (Wildman–Crippen LogP) is 1.63. The lowest BCUT2D eigenvalue weighted by Gasteiger charge is -2.13. The second-order valence-electron chi connectivity index (χ2n) is 3.09. The van der Waals surface area contributed by atoms with Crippen LogP contribution in [0, 0.1) is 0 Å². The standard InChI is InChI=1S/C9H8F3NO5S/c1-17-8(14)13-19(15,16)7-5-3-2-4-6(7)18-9(10,11)12/h2-5H,1H3,(H,13,14). The van der Waals surface area contributed by atoms with Crippen molar-refractivity contribution in [1.82, 2.24) is 4.72 Å². The number of hydrogen-bond donors (Lipinski definition) is 1.